The molecular formula is C67H43N. The zero-order valence-electron chi connectivity index (χ0n) is 37.3. The maximum Gasteiger partial charge on any atom is 0.0725 e. The maximum absolute atomic E-state index is 2.42. The van der Waals surface area contributed by atoms with Crippen LogP contribution in [0.3, 0.4) is 0 Å². The van der Waals surface area contributed by atoms with Crippen LogP contribution < -0.4 is 4.90 Å². The summed E-state index contributed by atoms with van der Waals surface area (Å²) in [6.07, 6.45) is 0. The van der Waals surface area contributed by atoms with Crippen molar-refractivity contribution < 1.29 is 0 Å². The van der Waals surface area contributed by atoms with Crippen molar-refractivity contribution >= 4 is 49.4 Å². The van der Waals surface area contributed by atoms with Crippen molar-refractivity contribution in [1.29, 1.82) is 0 Å². The van der Waals surface area contributed by atoms with Crippen LogP contribution in [0.15, 0.2) is 261 Å². The Morgan fingerprint density at radius 3 is 1.26 bits per heavy atom. The Hall–Kier alpha value is -8.78. The van der Waals surface area contributed by atoms with Crippen LogP contribution in [0.4, 0.5) is 17.1 Å². The lowest BCUT2D eigenvalue weighted by Crippen LogP contribution is -2.25. The van der Waals surface area contributed by atoms with Crippen LogP contribution in [0, 0.1) is 0 Å². The van der Waals surface area contributed by atoms with Crippen molar-refractivity contribution in [2.75, 3.05) is 4.90 Å². The van der Waals surface area contributed by atoms with Crippen LogP contribution in [0.1, 0.15) is 22.3 Å². The molecule has 0 amide bonds. The van der Waals surface area contributed by atoms with E-state index in [0.717, 1.165) is 17.1 Å². The number of hydrogen-bond donors (Lipinski definition) is 0. The van der Waals surface area contributed by atoms with E-state index in [1.165, 1.54) is 110 Å². The lowest BCUT2D eigenvalue weighted by atomic mass is 9.70. The van der Waals surface area contributed by atoms with Gasteiger partial charge in [0.05, 0.1) is 11.1 Å². The fourth-order valence-electron chi connectivity index (χ4n) is 12.0. The summed E-state index contributed by atoms with van der Waals surface area (Å²) in [6.45, 7) is 0. The Morgan fingerprint density at radius 1 is 0.235 bits per heavy atom. The third kappa shape index (κ3) is 5.57. The van der Waals surface area contributed by atoms with Gasteiger partial charge in [-0.05, 0) is 141 Å². The summed E-state index contributed by atoms with van der Waals surface area (Å²) in [6, 6.07) is 96.6. The summed E-state index contributed by atoms with van der Waals surface area (Å²) in [5, 5.41) is 7.72. The number of hydrogen-bond acceptors (Lipinski definition) is 1. The van der Waals surface area contributed by atoms with Crippen molar-refractivity contribution in [3.05, 3.63) is 283 Å². The highest BCUT2D eigenvalue weighted by Crippen LogP contribution is 2.64. The monoisotopic (exact) mass is 861 g/mol. The molecule has 0 atom stereocenters. The van der Waals surface area contributed by atoms with E-state index in [1.54, 1.807) is 0 Å². The van der Waals surface area contributed by atoms with E-state index in [-0.39, 0.29) is 5.41 Å². The van der Waals surface area contributed by atoms with E-state index in [0.29, 0.717) is 0 Å². The van der Waals surface area contributed by atoms with Crippen LogP contribution in [0.25, 0.3) is 88.0 Å². The topological polar surface area (TPSA) is 3.24 Å². The van der Waals surface area contributed by atoms with Crippen molar-refractivity contribution in [3.63, 3.8) is 0 Å². The number of nitrogens with zero attached hydrogens (tertiary/aromatic N) is 1. The first-order valence-electron chi connectivity index (χ1n) is 23.7. The molecule has 0 radical (unpaired) electrons. The molecule has 2 aliphatic carbocycles. The SMILES string of the molecule is c1ccc(-c2ccccc2N(c2ccc(-c3ccc4c5ccccc5c5ccccc5c4c3)cc2)c2ccc(-c3cccc4c3-c3ccccc3C43c4ccccc4-c4ccccc43)cc2)cc1. The first-order valence-corrected chi connectivity index (χ1v) is 23.7. The Kier molecular flexibility index (Phi) is 8.57. The predicted molar refractivity (Wildman–Crippen MR) is 286 cm³/mol. The molecule has 2 aliphatic rings. The van der Waals surface area contributed by atoms with Gasteiger partial charge in [-0.25, -0.2) is 0 Å². The second kappa shape index (κ2) is 15.1. The molecule has 12 aromatic rings. The average Bonchev–Trinajstić information content (AvgIpc) is 3.89. The van der Waals surface area contributed by atoms with Gasteiger partial charge in [-0.3, -0.25) is 0 Å². The number of anilines is 3. The van der Waals surface area contributed by atoms with Crippen molar-refractivity contribution in [2.24, 2.45) is 0 Å². The maximum atomic E-state index is 2.42. The number of para-hydroxylation sites is 1. The van der Waals surface area contributed by atoms with Gasteiger partial charge in [0.25, 0.3) is 0 Å². The second-order valence-electron chi connectivity index (χ2n) is 18.3. The molecule has 0 heterocycles. The predicted octanol–water partition coefficient (Wildman–Crippen LogP) is 18.0. The molecule has 316 valence electrons. The molecule has 68 heavy (non-hydrogen) atoms. The Morgan fingerprint density at radius 2 is 0.647 bits per heavy atom. The molecule has 0 saturated heterocycles. The van der Waals surface area contributed by atoms with E-state index >= 15 is 0 Å². The van der Waals surface area contributed by atoms with Crippen LogP contribution in [0.2, 0.25) is 0 Å². The molecule has 0 unspecified atom stereocenters. The molecular weight excluding hydrogens is 819 g/mol. The van der Waals surface area contributed by atoms with Crippen LogP contribution >= 0.6 is 0 Å². The third-order valence-corrected chi connectivity index (χ3v) is 14.9. The molecule has 0 fully saturated rings. The Labute approximate surface area is 396 Å². The summed E-state index contributed by atoms with van der Waals surface area (Å²) in [7, 11) is 0. The van der Waals surface area contributed by atoms with Gasteiger partial charge in [-0.2, -0.15) is 0 Å². The zero-order valence-corrected chi connectivity index (χ0v) is 37.3. The number of rotatable bonds is 6. The summed E-state index contributed by atoms with van der Waals surface area (Å²) in [4.78, 5) is 2.42. The van der Waals surface area contributed by atoms with Gasteiger partial charge >= 0.3 is 0 Å². The number of benzene rings is 12. The first kappa shape index (κ1) is 38.5. The summed E-state index contributed by atoms with van der Waals surface area (Å²) >= 11 is 0. The normalized spacial score (nSPS) is 12.8. The van der Waals surface area contributed by atoms with E-state index in [9.17, 15) is 0 Å². The first-order chi connectivity index (χ1) is 33.8. The Bertz CT molecular complexity index is 3880. The fraction of sp³-hybridized carbons (Fsp3) is 0.0149. The molecule has 0 aromatic heterocycles. The van der Waals surface area contributed by atoms with Crippen molar-refractivity contribution in [1.82, 2.24) is 0 Å². The minimum Gasteiger partial charge on any atom is -0.310 e. The van der Waals surface area contributed by atoms with Gasteiger partial charge in [0.1, 0.15) is 0 Å². The highest BCUT2D eigenvalue weighted by Gasteiger charge is 2.52. The Balaban J connectivity index is 0.898. The van der Waals surface area contributed by atoms with Crippen LogP contribution in [-0.4, -0.2) is 0 Å². The largest absolute Gasteiger partial charge is 0.310 e. The minimum atomic E-state index is -0.381. The quantitative estimate of drug-likeness (QED) is 0.151. The van der Waals surface area contributed by atoms with Gasteiger partial charge < -0.3 is 4.90 Å². The van der Waals surface area contributed by atoms with Gasteiger partial charge in [0.2, 0.25) is 0 Å². The van der Waals surface area contributed by atoms with Crippen molar-refractivity contribution in [3.8, 4) is 55.6 Å². The van der Waals surface area contributed by atoms with Crippen molar-refractivity contribution in [2.45, 2.75) is 5.41 Å². The summed E-state index contributed by atoms with van der Waals surface area (Å²) < 4.78 is 0. The van der Waals surface area contributed by atoms with Gasteiger partial charge in [-0.15, -0.1) is 0 Å². The zero-order chi connectivity index (χ0) is 44.8. The fourth-order valence-corrected chi connectivity index (χ4v) is 12.0. The molecule has 0 bridgehead atoms. The molecule has 14 rings (SSSR count). The lowest BCUT2D eigenvalue weighted by molar-refractivity contribution is 0.794. The highest BCUT2D eigenvalue weighted by atomic mass is 15.1. The standard InChI is InChI=1S/C67H43N/c1-2-17-45(18-3-1)50-19-11-15-32-65(50)68(48-38-33-44(34-39-48)47-37-42-56-54-22-5-4-20-52(54)53-21-6-7-23-55(53)60(56)43-47)49-40-35-46(36-41-49)51-27-16-31-64-66(51)59-26-10-14-30-63(59)67(64)61-28-12-8-24-57(61)58-25-9-13-29-62(58)67/h1-43H. The van der Waals surface area contributed by atoms with E-state index < -0.39 is 0 Å². The van der Waals surface area contributed by atoms with E-state index in [1.807, 2.05) is 0 Å². The molecule has 1 spiro atoms. The second-order valence-corrected chi connectivity index (χ2v) is 18.3. The van der Waals surface area contributed by atoms with Gasteiger partial charge in [-0.1, -0.05) is 224 Å². The molecule has 12 aromatic carbocycles. The average molecular weight is 862 g/mol. The van der Waals surface area contributed by atoms with Gasteiger partial charge in [0, 0.05) is 16.9 Å². The van der Waals surface area contributed by atoms with Gasteiger partial charge in [0.15, 0.2) is 0 Å². The van der Waals surface area contributed by atoms with Crippen LogP contribution in [0.5, 0.6) is 0 Å². The number of fused-ring (bicyclic) bond motifs is 16. The van der Waals surface area contributed by atoms with E-state index in [2.05, 4.69) is 266 Å². The summed E-state index contributed by atoms with van der Waals surface area (Å²) in [5.74, 6) is 0. The van der Waals surface area contributed by atoms with E-state index in [4.69, 9.17) is 0 Å². The molecule has 1 nitrogen and oxygen atoms in total. The molecule has 0 aliphatic heterocycles. The lowest BCUT2D eigenvalue weighted by Gasteiger charge is -2.30. The smallest absolute Gasteiger partial charge is 0.0725 e. The minimum absolute atomic E-state index is 0.381. The van der Waals surface area contributed by atoms with Crippen LogP contribution in [-0.2, 0) is 5.41 Å². The molecule has 0 N–H and O–H groups in total. The highest BCUT2D eigenvalue weighted by molar-refractivity contribution is 6.25. The third-order valence-electron chi connectivity index (χ3n) is 14.9. The molecule has 1 heteroatoms. The molecule has 0 saturated carbocycles. The summed E-state index contributed by atoms with van der Waals surface area (Å²) in [5.41, 5.74) is 20.8.